The van der Waals surface area contributed by atoms with Crippen molar-refractivity contribution >= 4 is 23.4 Å². The van der Waals surface area contributed by atoms with E-state index < -0.39 is 5.54 Å². The van der Waals surface area contributed by atoms with Gasteiger partial charge in [0.1, 0.15) is 11.6 Å². The lowest BCUT2D eigenvalue weighted by molar-refractivity contribution is -0.127. The second kappa shape index (κ2) is 9.24. The number of aryl methyl sites for hydroxylation is 3. The highest BCUT2D eigenvalue weighted by molar-refractivity contribution is 6.27. The smallest absolute Gasteiger partial charge is 0.258 e. The Morgan fingerprint density at radius 3 is 2.35 bits per heavy atom. The first-order valence-electron chi connectivity index (χ1n) is 8.77. The van der Waals surface area contributed by atoms with Crippen molar-refractivity contribution in [2.24, 2.45) is 0 Å². The molecule has 0 aliphatic carbocycles. The molecule has 144 valence electrons. The summed E-state index contributed by atoms with van der Waals surface area (Å²) in [4.78, 5) is 24.0. The lowest BCUT2D eigenvalue weighted by Crippen LogP contribution is -2.59. The molecular formula is C19H27ClN2O4. The molecule has 1 aromatic rings. The number of ether oxygens (including phenoxy) is 2. The number of carbonyl (C=O) groups excluding carboxylic acids is 2. The number of alkyl halides is 1. The SMILES string of the molecule is Cc1cc(C)c(OCC(=O)NC2(CNC(=O)CCl)CCOCC2)c(C)c1. The molecule has 1 saturated heterocycles. The fourth-order valence-corrected chi connectivity index (χ4v) is 3.38. The summed E-state index contributed by atoms with van der Waals surface area (Å²) in [7, 11) is 0. The molecule has 0 radical (unpaired) electrons. The van der Waals surface area contributed by atoms with E-state index in [4.69, 9.17) is 21.1 Å². The molecule has 0 unspecified atom stereocenters. The lowest BCUT2D eigenvalue weighted by Gasteiger charge is -2.38. The Kier molecular flexibility index (Phi) is 7.29. The maximum Gasteiger partial charge on any atom is 0.258 e. The highest BCUT2D eigenvalue weighted by atomic mass is 35.5. The molecule has 2 N–H and O–H groups in total. The van der Waals surface area contributed by atoms with Gasteiger partial charge >= 0.3 is 0 Å². The number of amides is 2. The summed E-state index contributed by atoms with van der Waals surface area (Å²) >= 11 is 5.54. The zero-order valence-electron chi connectivity index (χ0n) is 15.6. The van der Waals surface area contributed by atoms with Crippen LogP contribution in [0.3, 0.4) is 0 Å². The van der Waals surface area contributed by atoms with Crippen molar-refractivity contribution in [1.82, 2.24) is 10.6 Å². The monoisotopic (exact) mass is 382 g/mol. The maximum atomic E-state index is 12.5. The average molecular weight is 383 g/mol. The van der Waals surface area contributed by atoms with Crippen LogP contribution in [0.15, 0.2) is 12.1 Å². The Morgan fingerprint density at radius 1 is 1.15 bits per heavy atom. The van der Waals surface area contributed by atoms with Crippen LogP contribution >= 0.6 is 11.6 Å². The van der Waals surface area contributed by atoms with E-state index in [1.54, 1.807) is 0 Å². The van der Waals surface area contributed by atoms with E-state index in [-0.39, 0.29) is 24.3 Å². The van der Waals surface area contributed by atoms with Crippen LogP contribution in [-0.4, -0.2) is 49.6 Å². The number of carbonyl (C=O) groups is 2. The minimum atomic E-state index is -0.530. The van der Waals surface area contributed by atoms with Crippen molar-refractivity contribution in [3.63, 3.8) is 0 Å². The van der Waals surface area contributed by atoms with Gasteiger partial charge in [0.15, 0.2) is 6.61 Å². The molecule has 1 aliphatic rings. The largest absolute Gasteiger partial charge is 0.483 e. The van der Waals surface area contributed by atoms with Crippen molar-refractivity contribution < 1.29 is 19.1 Å². The zero-order chi connectivity index (χ0) is 19.2. The summed E-state index contributed by atoms with van der Waals surface area (Å²) in [6.45, 7) is 7.29. The van der Waals surface area contributed by atoms with E-state index in [0.717, 1.165) is 22.4 Å². The Balaban J connectivity index is 1.98. The molecule has 0 spiro atoms. The van der Waals surface area contributed by atoms with Crippen LogP contribution < -0.4 is 15.4 Å². The maximum absolute atomic E-state index is 12.5. The van der Waals surface area contributed by atoms with Gasteiger partial charge in [0.05, 0.1) is 5.54 Å². The lowest BCUT2D eigenvalue weighted by atomic mass is 9.89. The molecule has 0 bridgehead atoms. The van der Waals surface area contributed by atoms with Crippen LogP contribution in [0, 0.1) is 20.8 Å². The van der Waals surface area contributed by atoms with E-state index in [1.165, 1.54) is 0 Å². The Morgan fingerprint density at radius 2 is 1.77 bits per heavy atom. The molecule has 0 aromatic heterocycles. The van der Waals surface area contributed by atoms with Crippen LogP contribution in [-0.2, 0) is 14.3 Å². The summed E-state index contributed by atoms with van der Waals surface area (Å²) in [6.07, 6.45) is 1.26. The van der Waals surface area contributed by atoms with Gasteiger partial charge in [-0.2, -0.15) is 0 Å². The zero-order valence-corrected chi connectivity index (χ0v) is 16.4. The summed E-state index contributed by atoms with van der Waals surface area (Å²) in [5.74, 6) is 0.165. The van der Waals surface area contributed by atoms with Gasteiger partial charge in [-0.1, -0.05) is 17.7 Å². The fraction of sp³-hybridized carbons (Fsp3) is 0.579. The number of hydrogen-bond donors (Lipinski definition) is 2. The van der Waals surface area contributed by atoms with Crippen molar-refractivity contribution in [3.05, 3.63) is 28.8 Å². The van der Waals surface area contributed by atoms with Crippen molar-refractivity contribution in [3.8, 4) is 5.75 Å². The van der Waals surface area contributed by atoms with Gasteiger partial charge in [0, 0.05) is 19.8 Å². The van der Waals surface area contributed by atoms with Crippen LogP contribution in [0.4, 0.5) is 0 Å². The highest BCUT2D eigenvalue weighted by Crippen LogP contribution is 2.25. The molecule has 26 heavy (non-hydrogen) atoms. The first kappa shape index (κ1) is 20.5. The number of hydrogen-bond acceptors (Lipinski definition) is 4. The molecule has 1 aliphatic heterocycles. The number of rotatable bonds is 7. The Bertz CT molecular complexity index is 634. The second-order valence-electron chi connectivity index (χ2n) is 6.87. The number of halogens is 1. The topological polar surface area (TPSA) is 76.7 Å². The molecule has 7 heteroatoms. The van der Waals surface area contributed by atoms with Crippen LogP contribution in [0.25, 0.3) is 0 Å². The average Bonchev–Trinajstić information content (AvgIpc) is 2.59. The highest BCUT2D eigenvalue weighted by Gasteiger charge is 2.34. The Labute approximate surface area is 159 Å². The number of benzene rings is 1. The van der Waals surface area contributed by atoms with E-state index in [9.17, 15) is 9.59 Å². The van der Waals surface area contributed by atoms with E-state index in [0.29, 0.717) is 32.6 Å². The van der Waals surface area contributed by atoms with E-state index in [2.05, 4.69) is 10.6 Å². The normalized spacial score (nSPS) is 16.0. The molecule has 1 heterocycles. The minimum Gasteiger partial charge on any atom is -0.483 e. The predicted octanol–water partition coefficient (Wildman–Crippen LogP) is 2.01. The third-order valence-electron chi connectivity index (χ3n) is 4.55. The van der Waals surface area contributed by atoms with Gasteiger partial charge in [-0.05, 0) is 44.7 Å². The van der Waals surface area contributed by atoms with Gasteiger partial charge in [-0.15, -0.1) is 11.6 Å². The summed E-state index contributed by atoms with van der Waals surface area (Å²) in [5, 5.41) is 5.80. The molecule has 6 nitrogen and oxygen atoms in total. The molecule has 0 saturated carbocycles. The molecule has 1 aromatic carbocycles. The summed E-state index contributed by atoms with van der Waals surface area (Å²) < 4.78 is 11.2. The van der Waals surface area contributed by atoms with Crippen LogP contribution in [0.5, 0.6) is 5.75 Å². The van der Waals surface area contributed by atoms with Crippen molar-refractivity contribution in [2.45, 2.75) is 39.2 Å². The Hall–Kier alpha value is -1.79. The molecule has 2 rings (SSSR count). The van der Waals surface area contributed by atoms with Gasteiger partial charge < -0.3 is 20.1 Å². The van der Waals surface area contributed by atoms with Gasteiger partial charge in [0.25, 0.3) is 5.91 Å². The van der Waals surface area contributed by atoms with Crippen molar-refractivity contribution in [2.75, 3.05) is 32.2 Å². The van der Waals surface area contributed by atoms with Crippen LogP contribution in [0.2, 0.25) is 0 Å². The third kappa shape index (κ3) is 5.61. The van der Waals surface area contributed by atoms with Crippen LogP contribution in [0.1, 0.15) is 29.5 Å². The van der Waals surface area contributed by atoms with Gasteiger partial charge in [-0.3, -0.25) is 9.59 Å². The molecule has 0 atom stereocenters. The molecule has 2 amide bonds. The minimum absolute atomic E-state index is 0.0726. The first-order chi connectivity index (χ1) is 12.3. The van der Waals surface area contributed by atoms with E-state index in [1.807, 2.05) is 32.9 Å². The van der Waals surface area contributed by atoms with Gasteiger partial charge in [-0.25, -0.2) is 0 Å². The molecule has 1 fully saturated rings. The quantitative estimate of drug-likeness (QED) is 0.707. The van der Waals surface area contributed by atoms with Crippen molar-refractivity contribution in [1.29, 1.82) is 0 Å². The molecular weight excluding hydrogens is 356 g/mol. The second-order valence-corrected chi connectivity index (χ2v) is 7.14. The third-order valence-corrected chi connectivity index (χ3v) is 4.79. The number of nitrogens with one attached hydrogen (secondary N) is 2. The first-order valence-corrected chi connectivity index (χ1v) is 9.31. The van der Waals surface area contributed by atoms with Gasteiger partial charge in [0.2, 0.25) is 5.91 Å². The van der Waals surface area contributed by atoms with E-state index >= 15 is 0 Å². The fourth-order valence-electron chi connectivity index (χ4n) is 3.29. The predicted molar refractivity (Wildman–Crippen MR) is 101 cm³/mol. The summed E-state index contributed by atoms with van der Waals surface area (Å²) in [6, 6.07) is 4.06. The standard InChI is InChI=1S/C19H27ClN2O4/c1-13-8-14(2)18(15(3)9-13)26-11-17(24)22-19(4-6-25-7-5-19)12-21-16(23)10-20/h8-9H,4-7,10-12H2,1-3H3,(H,21,23)(H,22,24). The summed E-state index contributed by atoms with van der Waals surface area (Å²) in [5.41, 5.74) is 2.64.